The molecule has 1 saturated heterocycles. The summed E-state index contributed by atoms with van der Waals surface area (Å²) in [5.74, 6) is 0.173. The molecule has 1 atom stereocenters. The predicted molar refractivity (Wildman–Crippen MR) is 75.9 cm³/mol. The van der Waals surface area contributed by atoms with Crippen LogP contribution in [-0.4, -0.2) is 37.0 Å². The van der Waals surface area contributed by atoms with E-state index >= 15 is 0 Å². The van der Waals surface area contributed by atoms with Gasteiger partial charge in [0.2, 0.25) is 5.91 Å². The molecule has 106 valence electrons. The minimum atomic E-state index is -0.0929. The predicted octanol–water partition coefficient (Wildman–Crippen LogP) is 2.32. The van der Waals surface area contributed by atoms with Gasteiger partial charge >= 0.3 is 0 Å². The fourth-order valence-corrected chi connectivity index (χ4v) is 2.28. The molecule has 0 aromatic rings. The average molecular weight is 264 g/mol. The molecule has 0 saturated carbocycles. The van der Waals surface area contributed by atoms with Gasteiger partial charge in [0.05, 0.1) is 6.04 Å². The standard InChI is InChI=1S/C14H24N4O/c1-14(2)7-10-18(9-6-4-5-8-17-15)13(19)12(11-14)16-3/h4-6,8,12,15-16H,7,9-11H2,1-3H3/b6-4+,8-5-,17-15?. The summed E-state index contributed by atoms with van der Waals surface area (Å²) in [4.78, 5) is 14.2. The number of carbonyl (C=O) groups excluding carboxylic acids is 1. The van der Waals surface area contributed by atoms with Crippen molar-refractivity contribution in [3.8, 4) is 0 Å². The molecular weight excluding hydrogens is 240 g/mol. The third-order valence-electron chi connectivity index (χ3n) is 3.51. The van der Waals surface area contributed by atoms with Crippen LogP contribution in [-0.2, 0) is 4.79 Å². The lowest BCUT2D eigenvalue weighted by molar-refractivity contribution is -0.132. The van der Waals surface area contributed by atoms with Gasteiger partial charge in [-0.05, 0) is 31.4 Å². The van der Waals surface area contributed by atoms with Crippen LogP contribution in [0.3, 0.4) is 0 Å². The van der Waals surface area contributed by atoms with Crippen molar-refractivity contribution in [1.82, 2.24) is 10.2 Å². The third kappa shape index (κ3) is 4.95. The van der Waals surface area contributed by atoms with Gasteiger partial charge in [0.25, 0.3) is 0 Å². The van der Waals surface area contributed by atoms with E-state index in [1.807, 2.05) is 24.1 Å². The molecule has 0 bridgehead atoms. The lowest BCUT2D eigenvalue weighted by Crippen LogP contribution is -2.44. The Labute approximate surface area is 115 Å². The van der Waals surface area contributed by atoms with Gasteiger partial charge in [-0.2, -0.15) is 5.11 Å². The molecule has 19 heavy (non-hydrogen) atoms. The topological polar surface area (TPSA) is 68.6 Å². The number of carbonyl (C=O) groups is 1. The minimum absolute atomic E-state index is 0.0929. The monoisotopic (exact) mass is 264 g/mol. The maximum atomic E-state index is 12.3. The third-order valence-corrected chi connectivity index (χ3v) is 3.51. The van der Waals surface area contributed by atoms with Gasteiger partial charge in [-0.25, -0.2) is 5.53 Å². The molecule has 0 aromatic heterocycles. The Kier molecular flexibility index (Phi) is 5.89. The van der Waals surface area contributed by atoms with Gasteiger partial charge in [-0.3, -0.25) is 4.79 Å². The SMILES string of the molecule is CNC1CC(C)(C)CCN(C/C=C/C=C\N=N)C1=O. The largest absolute Gasteiger partial charge is 0.338 e. The molecule has 5 heteroatoms. The van der Waals surface area contributed by atoms with Gasteiger partial charge in [0.15, 0.2) is 0 Å². The van der Waals surface area contributed by atoms with Crippen LogP contribution in [0.2, 0.25) is 0 Å². The Morgan fingerprint density at radius 1 is 1.53 bits per heavy atom. The summed E-state index contributed by atoms with van der Waals surface area (Å²) in [6.45, 7) is 5.82. The molecule has 1 amide bonds. The summed E-state index contributed by atoms with van der Waals surface area (Å²) < 4.78 is 0. The first-order valence-electron chi connectivity index (χ1n) is 6.64. The zero-order valence-corrected chi connectivity index (χ0v) is 12.0. The highest BCUT2D eigenvalue weighted by molar-refractivity contribution is 5.82. The fourth-order valence-electron chi connectivity index (χ4n) is 2.28. The molecule has 1 rings (SSSR count). The van der Waals surface area contributed by atoms with E-state index < -0.39 is 0 Å². The van der Waals surface area contributed by atoms with Crippen molar-refractivity contribution in [2.45, 2.75) is 32.7 Å². The Balaban J connectivity index is 2.66. The van der Waals surface area contributed by atoms with Gasteiger partial charge in [0, 0.05) is 19.3 Å². The van der Waals surface area contributed by atoms with E-state index in [2.05, 4.69) is 24.3 Å². The molecule has 1 unspecified atom stereocenters. The van der Waals surface area contributed by atoms with E-state index in [0.29, 0.717) is 6.54 Å². The zero-order valence-electron chi connectivity index (χ0n) is 12.0. The van der Waals surface area contributed by atoms with Crippen molar-refractivity contribution < 1.29 is 4.79 Å². The Bertz CT molecular complexity index is 374. The number of allylic oxidation sites excluding steroid dienone is 2. The second kappa shape index (κ2) is 7.19. The number of likely N-dealkylation sites (N-methyl/N-ethyl adjacent to an activating group) is 1. The second-order valence-corrected chi connectivity index (χ2v) is 5.64. The van der Waals surface area contributed by atoms with Crippen molar-refractivity contribution in [2.24, 2.45) is 10.5 Å². The zero-order chi connectivity index (χ0) is 14.3. The lowest BCUT2D eigenvalue weighted by atomic mass is 9.83. The number of rotatable bonds is 5. The van der Waals surface area contributed by atoms with E-state index in [1.54, 1.807) is 6.08 Å². The Morgan fingerprint density at radius 2 is 2.26 bits per heavy atom. The number of nitrogens with zero attached hydrogens (tertiary/aromatic N) is 2. The fraction of sp³-hybridized carbons (Fsp3) is 0.643. The summed E-state index contributed by atoms with van der Waals surface area (Å²) in [5, 5.41) is 6.24. The van der Waals surface area contributed by atoms with E-state index in [1.165, 1.54) is 6.20 Å². The molecule has 0 spiro atoms. The Morgan fingerprint density at radius 3 is 2.89 bits per heavy atom. The minimum Gasteiger partial charge on any atom is -0.338 e. The molecule has 1 heterocycles. The van der Waals surface area contributed by atoms with Gasteiger partial charge in [-0.15, -0.1) is 0 Å². The van der Waals surface area contributed by atoms with E-state index in [4.69, 9.17) is 5.53 Å². The molecule has 0 radical (unpaired) electrons. The maximum absolute atomic E-state index is 12.3. The summed E-state index contributed by atoms with van der Waals surface area (Å²) >= 11 is 0. The first kappa shape index (κ1) is 15.6. The number of hydrogen-bond donors (Lipinski definition) is 2. The van der Waals surface area contributed by atoms with Crippen molar-refractivity contribution in [3.63, 3.8) is 0 Å². The quantitative estimate of drug-likeness (QED) is 0.591. The molecule has 1 fully saturated rings. The normalized spacial score (nSPS) is 24.1. The highest BCUT2D eigenvalue weighted by atomic mass is 16.2. The second-order valence-electron chi connectivity index (χ2n) is 5.64. The molecule has 1 aliphatic rings. The molecule has 2 N–H and O–H groups in total. The van der Waals surface area contributed by atoms with Crippen LogP contribution in [0, 0.1) is 10.9 Å². The Hall–Kier alpha value is -1.49. The number of nitrogens with one attached hydrogen (secondary N) is 2. The summed E-state index contributed by atoms with van der Waals surface area (Å²) in [5.41, 5.74) is 6.81. The molecule has 5 nitrogen and oxygen atoms in total. The van der Waals surface area contributed by atoms with Crippen LogP contribution in [0.1, 0.15) is 26.7 Å². The molecule has 1 aliphatic heterocycles. The van der Waals surface area contributed by atoms with E-state index in [0.717, 1.165) is 19.4 Å². The number of hydrogen-bond acceptors (Lipinski definition) is 4. The van der Waals surface area contributed by atoms with Crippen LogP contribution in [0.15, 0.2) is 29.5 Å². The first-order valence-corrected chi connectivity index (χ1v) is 6.64. The molecule has 0 aliphatic carbocycles. The lowest BCUT2D eigenvalue weighted by Gasteiger charge is -2.24. The molecular formula is C14H24N4O. The smallest absolute Gasteiger partial charge is 0.239 e. The van der Waals surface area contributed by atoms with E-state index in [-0.39, 0.29) is 17.4 Å². The van der Waals surface area contributed by atoms with Crippen LogP contribution in [0.4, 0.5) is 0 Å². The summed E-state index contributed by atoms with van der Waals surface area (Å²) in [6, 6.07) is -0.0929. The van der Waals surface area contributed by atoms with Crippen molar-refractivity contribution >= 4 is 5.91 Å². The van der Waals surface area contributed by atoms with Crippen LogP contribution < -0.4 is 5.32 Å². The highest BCUT2D eigenvalue weighted by Crippen LogP contribution is 2.30. The molecule has 0 aromatic carbocycles. The van der Waals surface area contributed by atoms with Gasteiger partial charge in [-0.1, -0.05) is 26.0 Å². The van der Waals surface area contributed by atoms with Crippen LogP contribution in [0.25, 0.3) is 0 Å². The van der Waals surface area contributed by atoms with Gasteiger partial charge < -0.3 is 10.2 Å². The van der Waals surface area contributed by atoms with Crippen molar-refractivity contribution in [3.05, 3.63) is 24.4 Å². The van der Waals surface area contributed by atoms with Crippen LogP contribution >= 0.6 is 0 Å². The average Bonchev–Trinajstić information content (AvgIpc) is 2.48. The van der Waals surface area contributed by atoms with Crippen LogP contribution in [0.5, 0.6) is 0 Å². The number of likely N-dealkylation sites (tertiary alicyclic amines) is 1. The van der Waals surface area contributed by atoms with Crippen molar-refractivity contribution in [2.75, 3.05) is 20.1 Å². The highest BCUT2D eigenvalue weighted by Gasteiger charge is 2.33. The summed E-state index contributed by atoms with van der Waals surface area (Å²) in [7, 11) is 1.84. The maximum Gasteiger partial charge on any atom is 0.239 e. The number of amides is 1. The first-order chi connectivity index (χ1) is 9.00. The van der Waals surface area contributed by atoms with Gasteiger partial charge in [0.1, 0.15) is 0 Å². The summed E-state index contributed by atoms with van der Waals surface area (Å²) in [6.07, 6.45) is 8.72. The van der Waals surface area contributed by atoms with Crippen molar-refractivity contribution in [1.29, 1.82) is 5.53 Å². The van der Waals surface area contributed by atoms with E-state index in [9.17, 15) is 4.79 Å².